The fourth-order valence-corrected chi connectivity index (χ4v) is 2.30. The number of carbonyl (C=O) groups is 1. The summed E-state index contributed by atoms with van der Waals surface area (Å²) in [5, 5.41) is 12.1. The fourth-order valence-electron chi connectivity index (χ4n) is 2.30. The molecule has 1 amide bonds. The molecule has 23 heavy (non-hydrogen) atoms. The van der Waals surface area contributed by atoms with E-state index in [0.29, 0.717) is 5.69 Å². The summed E-state index contributed by atoms with van der Waals surface area (Å²) in [5.74, 6) is 0.252. The van der Waals surface area contributed by atoms with E-state index in [1.165, 1.54) is 6.08 Å². The molecule has 0 radical (unpaired) electrons. The van der Waals surface area contributed by atoms with E-state index in [-0.39, 0.29) is 17.8 Å². The quantitative estimate of drug-likeness (QED) is 0.802. The second-order valence-corrected chi connectivity index (χ2v) is 5.76. The van der Waals surface area contributed by atoms with Gasteiger partial charge in [0.1, 0.15) is 12.4 Å². The molecule has 2 aromatic carbocycles. The summed E-state index contributed by atoms with van der Waals surface area (Å²) >= 11 is 0. The van der Waals surface area contributed by atoms with Crippen molar-refractivity contribution in [3.05, 3.63) is 72.3 Å². The number of hydrogen-bond acceptors (Lipinski definition) is 3. The molecule has 2 N–H and O–H groups in total. The zero-order chi connectivity index (χ0) is 16.9. The molecular formula is C19H21NO3. The summed E-state index contributed by atoms with van der Waals surface area (Å²) in [4.78, 5) is 11.5. The van der Waals surface area contributed by atoms with E-state index < -0.39 is 6.09 Å². The first-order chi connectivity index (χ1) is 10.9. The van der Waals surface area contributed by atoms with Crippen LogP contribution in [-0.4, -0.2) is 17.8 Å². The third-order valence-electron chi connectivity index (χ3n) is 3.77. The lowest BCUT2D eigenvalue weighted by Crippen LogP contribution is -2.19. The number of nitrogens with one attached hydrogen (secondary N) is 1. The lowest BCUT2D eigenvalue weighted by atomic mass is 9.78. The van der Waals surface area contributed by atoms with Gasteiger partial charge >= 0.3 is 6.09 Å². The first-order valence-corrected chi connectivity index (χ1v) is 7.38. The van der Waals surface area contributed by atoms with E-state index in [4.69, 9.17) is 4.74 Å². The Morgan fingerprint density at radius 3 is 2.17 bits per heavy atom. The Morgan fingerprint density at radius 2 is 1.65 bits per heavy atom. The van der Waals surface area contributed by atoms with Crippen LogP contribution in [0.5, 0.6) is 5.75 Å². The van der Waals surface area contributed by atoms with Crippen molar-refractivity contribution in [1.29, 1.82) is 0 Å². The van der Waals surface area contributed by atoms with Gasteiger partial charge in [-0.05, 0) is 35.4 Å². The van der Waals surface area contributed by atoms with Crippen LogP contribution in [-0.2, 0) is 10.2 Å². The Hall–Kier alpha value is -2.75. The van der Waals surface area contributed by atoms with Gasteiger partial charge in [0.05, 0.1) is 0 Å². The highest BCUT2D eigenvalue weighted by Crippen LogP contribution is 2.32. The fraction of sp³-hybridized carbons (Fsp3) is 0.211. The zero-order valence-electron chi connectivity index (χ0n) is 13.4. The van der Waals surface area contributed by atoms with Crippen LogP contribution in [0.2, 0.25) is 0 Å². The molecule has 0 aliphatic heterocycles. The van der Waals surface area contributed by atoms with Crippen molar-refractivity contribution in [3.63, 3.8) is 0 Å². The Bertz CT molecular complexity index is 673. The largest absolute Gasteiger partial charge is 0.508 e. The summed E-state index contributed by atoms with van der Waals surface area (Å²) < 4.78 is 4.88. The molecule has 0 bridgehead atoms. The number of rotatable bonds is 5. The molecule has 0 spiro atoms. The predicted octanol–water partition coefficient (Wildman–Crippen LogP) is 4.45. The van der Waals surface area contributed by atoms with Crippen LogP contribution in [0.4, 0.5) is 10.5 Å². The van der Waals surface area contributed by atoms with Crippen LogP contribution >= 0.6 is 0 Å². The summed E-state index contributed by atoms with van der Waals surface area (Å²) in [6.45, 7) is 7.89. The number of ether oxygens (including phenoxy) is 1. The number of hydrogen-bond donors (Lipinski definition) is 2. The van der Waals surface area contributed by atoms with Crippen LogP contribution < -0.4 is 5.32 Å². The molecule has 0 aliphatic rings. The van der Waals surface area contributed by atoms with E-state index in [0.717, 1.165) is 11.1 Å². The first kappa shape index (κ1) is 16.6. The van der Waals surface area contributed by atoms with Gasteiger partial charge in [-0.15, -0.1) is 0 Å². The Morgan fingerprint density at radius 1 is 1.13 bits per heavy atom. The molecule has 4 heteroatoms. The second kappa shape index (κ2) is 7.01. The number of phenolic OH excluding ortho intramolecular Hbond substituents is 1. The van der Waals surface area contributed by atoms with Crippen molar-refractivity contribution in [2.45, 2.75) is 19.3 Å². The van der Waals surface area contributed by atoms with E-state index in [1.54, 1.807) is 12.1 Å². The number of amides is 1. The lowest BCUT2D eigenvalue weighted by Gasteiger charge is -2.26. The van der Waals surface area contributed by atoms with Crippen LogP contribution in [0.1, 0.15) is 25.0 Å². The maximum atomic E-state index is 11.5. The molecule has 4 nitrogen and oxygen atoms in total. The summed E-state index contributed by atoms with van der Waals surface area (Å²) in [6, 6.07) is 14.8. The Kier molecular flexibility index (Phi) is 5.06. The highest BCUT2D eigenvalue weighted by molar-refractivity contribution is 5.84. The van der Waals surface area contributed by atoms with Gasteiger partial charge in [-0.2, -0.15) is 0 Å². The number of phenols is 1. The monoisotopic (exact) mass is 311 g/mol. The molecule has 0 saturated heterocycles. The molecule has 120 valence electrons. The number of benzene rings is 2. The standard InChI is InChI=1S/C19H21NO3/c1-4-13-23-18(22)20-16-9-5-14(6-10-16)19(2,3)15-7-11-17(21)12-8-15/h4-12,21H,1,13H2,2-3H3,(H,20,22). The van der Waals surface area contributed by atoms with Gasteiger partial charge in [0.2, 0.25) is 0 Å². The van der Waals surface area contributed by atoms with Gasteiger partial charge in [0.15, 0.2) is 0 Å². The normalized spacial score (nSPS) is 10.9. The van der Waals surface area contributed by atoms with Crippen molar-refractivity contribution < 1.29 is 14.6 Å². The lowest BCUT2D eigenvalue weighted by molar-refractivity contribution is 0.174. The van der Waals surface area contributed by atoms with Crippen LogP contribution in [0.15, 0.2) is 61.2 Å². The van der Waals surface area contributed by atoms with Crippen molar-refractivity contribution in [3.8, 4) is 5.75 Å². The topological polar surface area (TPSA) is 58.6 Å². The first-order valence-electron chi connectivity index (χ1n) is 7.38. The van der Waals surface area contributed by atoms with Crippen LogP contribution in [0.3, 0.4) is 0 Å². The van der Waals surface area contributed by atoms with E-state index >= 15 is 0 Å². The molecule has 0 unspecified atom stereocenters. The molecule has 0 aromatic heterocycles. The SMILES string of the molecule is C=CCOC(=O)Nc1ccc(C(C)(C)c2ccc(O)cc2)cc1. The smallest absolute Gasteiger partial charge is 0.411 e. The highest BCUT2D eigenvalue weighted by atomic mass is 16.5. The minimum atomic E-state index is -0.504. The molecule has 2 aromatic rings. The Balaban J connectivity index is 2.13. The summed E-state index contributed by atoms with van der Waals surface area (Å²) in [5.41, 5.74) is 2.66. The average molecular weight is 311 g/mol. The highest BCUT2D eigenvalue weighted by Gasteiger charge is 2.23. The predicted molar refractivity (Wildman–Crippen MR) is 91.8 cm³/mol. The minimum absolute atomic E-state index is 0.178. The summed E-state index contributed by atoms with van der Waals surface area (Å²) in [7, 11) is 0. The van der Waals surface area contributed by atoms with E-state index in [2.05, 4.69) is 25.7 Å². The summed E-state index contributed by atoms with van der Waals surface area (Å²) in [6.07, 6.45) is 1.01. The maximum Gasteiger partial charge on any atom is 0.411 e. The number of aromatic hydroxyl groups is 1. The molecule has 0 heterocycles. The van der Waals surface area contributed by atoms with Gasteiger partial charge < -0.3 is 9.84 Å². The van der Waals surface area contributed by atoms with E-state index in [1.807, 2.05) is 36.4 Å². The molecular weight excluding hydrogens is 290 g/mol. The molecule has 2 rings (SSSR count). The third kappa shape index (κ3) is 4.13. The van der Waals surface area contributed by atoms with Gasteiger partial charge in [0.25, 0.3) is 0 Å². The maximum absolute atomic E-state index is 11.5. The van der Waals surface area contributed by atoms with Crippen LogP contribution in [0, 0.1) is 0 Å². The van der Waals surface area contributed by atoms with Gasteiger partial charge in [-0.25, -0.2) is 4.79 Å². The average Bonchev–Trinajstić information content (AvgIpc) is 2.54. The minimum Gasteiger partial charge on any atom is -0.508 e. The zero-order valence-corrected chi connectivity index (χ0v) is 13.4. The molecule has 0 saturated carbocycles. The number of anilines is 1. The van der Waals surface area contributed by atoms with E-state index in [9.17, 15) is 9.90 Å². The van der Waals surface area contributed by atoms with Gasteiger partial charge in [0, 0.05) is 11.1 Å². The Labute approximate surface area is 136 Å². The van der Waals surface area contributed by atoms with Crippen molar-refractivity contribution in [1.82, 2.24) is 0 Å². The second-order valence-electron chi connectivity index (χ2n) is 5.76. The van der Waals surface area contributed by atoms with Crippen molar-refractivity contribution in [2.24, 2.45) is 0 Å². The van der Waals surface area contributed by atoms with Crippen LogP contribution in [0.25, 0.3) is 0 Å². The van der Waals surface area contributed by atoms with Crippen molar-refractivity contribution in [2.75, 3.05) is 11.9 Å². The molecule has 0 aliphatic carbocycles. The number of carbonyl (C=O) groups excluding carboxylic acids is 1. The third-order valence-corrected chi connectivity index (χ3v) is 3.77. The van der Waals surface area contributed by atoms with Gasteiger partial charge in [-0.3, -0.25) is 5.32 Å². The van der Waals surface area contributed by atoms with Crippen molar-refractivity contribution >= 4 is 11.8 Å². The molecule has 0 atom stereocenters. The van der Waals surface area contributed by atoms with Gasteiger partial charge in [-0.1, -0.05) is 50.8 Å². The molecule has 0 fully saturated rings.